The Kier molecular flexibility index (Phi) is 6.83. The van der Waals surface area contributed by atoms with Gasteiger partial charge in [-0.3, -0.25) is 4.79 Å². The fourth-order valence-electron chi connectivity index (χ4n) is 2.12. The molecule has 0 radical (unpaired) electrons. The van der Waals surface area contributed by atoms with Gasteiger partial charge in [-0.1, -0.05) is 32.1 Å². The maximum atomic E-state index is 12.3. The van der Waals surface area contributed by atoms with Gasteiger partial charge < -0.3 is 10.4 Å². The Morgan fingerprint density at radius 1 is 1.35 bits per heavy atom. The highest BCUT2D eigenvalue weighted by molar-refractivity contribution is 5.95. The van der Waals surface area contributed by atoms with Crippen LogP contribution >= 0.6 is 0 Å². The zero-order valence-corrected chi connectivity index (χ0v) is 12.5. The third kappa shape index (κ3) is 5.07. The molecule has 0 aliphatic rings. The first-order valence-electron chi connectivity index (χ1n) is 7.13. The van der Waals surface area contributed by atoms with E-state index in [1.165, 1.54) is 0 Å². The molecule has 1 atom stereocenters. The van der Waals surface area contributed by atoms with Crippen molar-refractivity contribution in [2.24, 2.45) is 0 Å². The summed E-state index contributed by atoms with van der Waals surface area (Å²) in [5, 5.41) is 11.8. The molecule has 2 N–H and O–H groups in total. The monoisotopic (exact) mass is 273 g/mol. The van der Waals surface area contributed by atoms with E-state index in [9.17, 15) is 4.79 Å². The third-order valence-corrected chi connectivity index (χ3v) is 3.12. The Hall–Kier alpha value is -1.79. The highest BCUT2D eigenvalue weighted by atomic mass is 16.2. The average molecular weight is 273 g/mol. The quantitative estimate of drug-likeness (QED) is 0.810. The largest absolute Gasteiger partial charge is 0.384 e. The first-order valence-corrected chi connectivity index (χ1v) is 7.13. The van der Waals surface area contributed by atoms with Gasteiger partial charge in [0.15, 0.2) is 0 Å². The van der Waals surface area contributed by atoms with E-state index in [2.05, 4.69) is 31.0 Å². The lowest BCUT2D eigenvalue weighted by atomic mass is 10.0. The van der Waals surface area contributed by atoms with Crippen molar-refractivity contribution in [2.75, 3.05) is 6.61 Å². The maximum absolute atomic E-state index is 12.3. The van der Waals surface area contributed by atoms with Crippen LogP contribution in [0.1, 0.15) is 54.6 Å². The lowest BCUT2D eigenvalue weighted by Gasteiger charge is -2.16. The van der Waals surface area contributed by atoms with E-state index >= 15 is 0 Å². The first kappa shape index (κ1) is 16.3. The van der Waals surface area contributed by atoms with Gasteiger partial charge in [-0.25, -0.2) is 0 Å². The summed E-state index contributed by atoms with van der Waals surface area (Å²) in [5.74, 6) is 5.39. The molecular weight excluding hydrogens is 250 g/mol. The van der Waals surface area contributed by atoms with Gasteiger partial charge in [-0.2, -0.15) is 0 Å². The van der Waals surface area contributed by atoms with Crippen LogP contribution in [0.4, 0.5) is 0 Å². The van der Waals surface area contributed by atoms with Crippen LogP contribution in [-0.2, 0) is 0 Å². The van der Waals surface area contributed by atoms with Crippen LogP contribution in [0.2, 0.25) is 0 Å². The highest BCUT2D eigenvalue weighted by Gasteiger charge is 2.12. The number of nitrogens with one attached hydrogen (secondary N) is 1. The van der Waals surface area contributed by atoms with Gasteiger partial charge in [0.1, 0.15) is 6.61 Å². The number of aryl methyl sites for hydroxylation is 1. The predicted octanol–water partition coefficient (Wildman–Crippen LogP) is 2.65. The van der Waals surface area contributed by atoms with Crippen molar-refractivity contribution in [1.82, 2.24) is 5.32 Å². The molecule has 0 aromatic heterocycles. The summed E-state index contributed by atoms with van der Waals surface area (Å²) >= 11 is 0. The van der Waals surface area contributed by atoms with Crippen molar-refractivity contribution >= 4 is 5.91 Å². The molecule has 3 heteroatoms. The molecule has 0 spiro atoms. The molecule has 1 amide bonds. The van der Waals surface area contributed by atoms with E-state index in [4.69, 9.17) is 5.11 Å². The normalized spacial score (nSPS) is 11.4. The molecule has 0 fully saturated rings. The summed E-state index contributed by atoms with van der Waals surface area (Å²) in [6.07, 6.45) is 2.98. The van der Waals surface area contributed by atoms with E-state index in [1.54, 1.807) is 6.07 Å². The zero-order valence-electron chi connectivity index (χ0n) is 12.5. The van der Waals surface area contributed by atoms with Crippen LogP contribution in [0.15, 0.2) is 18.2 Å². The molecule has 1 aromatic rings. The number of rotatable bonds is 5. The van der Waals surface area contributed by atoms with Crippen LogP contribution in [0.5, 0.6) is 0 Å². The molecule has 0 heterocycles. The number of amides is 1. The van der Waals surface area contributed by atoms with Gasteiger partial charge in [-0.15, -0.1) is 0 Å². The number of carbonyl (C=O) groups is 1. The number of hydrogen-bond donors (Lipinski definition) is 2. The fourth-order valence-corrected chi connectivity index (χ4v) is 2.12. The van der Waals surface area contributed by atoms with Crippen molar-refractivity contribution in [1.29, 1.82) is 0 Å². The smallest absolute Gasteiger partial charge is 0.251 e. The third-order valence-electron chi connectivity index (χ3n) is 3.12. The summed E-state index contributed by atoms with van der Waals surface area (Å²) < 4.78 is 0. The van der Waals surface area contributed by atoms with Crippen molar-refractivity contribution in [3.8, 4) is 11.8 Å². The van der Waals surface area contributed by atoms with Crippen LogP contribution in [-0.4, -0.2) is 23.7 Å². The molecule has 0 bridgehead atoms. The zero-order chi connectivity index (χ0) is 15.0. The van der Waals surface area contributed by atoms with Crippen molar-refractivity contribution in [3.63, 3.8) is 0 Å². The molecule has 1 aromatic carbocycles. The number of carbonyl (C=O) groups excluding carboxylic acids is 1. The van der Waals surface area contributed by atoms with Crippen LogP contribution < -0.4 is 5.32 Å². The lowest BCUT2D eigenvalue weighted by Crippen LogP contribution is -2.34. The average Bonchev–Trinajstić information content (AvgIpc) is 2.43. The predicted molar refractivity (Wildman–Crippen MR) is 81.6 cm³/mol. The van der Waals surface area contributed by atoms with Gasteiger partial charge in [0.25, 0.3) is 5.91 Å². The SMILES string of the molecule is CCCC(CC)NC(=O)c1cc(C)cc(C#CCO)c1. The van der Waals surface area contributed by atoms with E-state index in [0.29, 0.717) is 5.56 Å². The molecule has 0 aliphatic heterocycles. The number of aliphatic hydroxyl groups excluding tert-OH is 1. The molecule has 3 nitrogen and oxygen atoms in total. The molecule has 1 unspecified atom stereocenters. The summed E-state index contributed by atoms with van der Waals surface area (Å²) in [6, 6.07) is 5.75. The Morgan fingerprint density at radius 3 is 2.70 bits per heavy atom. The molecule has 0 aliphatic carbocycles. The summed E-state index contributed by atoms with van der Waals surface area (Å²) in [5.41, 5.74) is 2.37. The van der Waals surface area contributed by atoms with Crippen LogP contribution in [0.3, 0.4) is 0 Å². The topological polar surface area (TPSA) is 49.3 Å². The number of hydrogen-bond acceptors (Lipinski definition) is 2. The van der Waals surface area contributed by atoms with Crippen LogP contribution in [0, 0.1) is 18.8 Å². The first-order chi connectivity index (χ1) is 9.60. The fraction of sp³-hybridized carbons (Fsp3) is 0.471. The van der Waals surface area contributed by atoms with E-state index in [-0.39, 0.29) is 18.6 Å². The Balaban J connectivity index is 2.89. The van der Waals surface area contributed by atoms with Gasteiger partial charge in [-0.05, 0) is 43.5 Å². The Bertz CT molecular complexity index is 511. The minimum absolute atomic E-state index is 0.0546. The van der Waals surface area contributed by atoms with Gasteiger partial charge >= 0.3 is 0 Å². The van der Waals surface area contributed by atoms with Gasteiger partial charge in [0.2, 0.25) is 0 Å². The van der Waals surface area contributed by atoms with Crippen molar-refractivity contribution in [2.45, 2.75) is 46.1 Å². The van der Waals surface area contributed by atoms with Gasteiger partial charge in [0, 0.05) is 17.2 Å². The van der Waals surface area contributed by atoms with Crippen LogP contribution in [0.25, 0.3) is 0 Å². The molecule has 20 heavy (non-hydrogen) atoms. The molecule has 0 saturated heterocycles. The second-order valence-corrected chi connectivity index (χ2v) is 4.91. The summed E-state index contributed by atoms with van der Waals surface area (Å²) in [6.45, 7) is 5.95. The summed E-state index contributed by atoms with van der Waals surface area (Å²) in [7, 11) is 0. The van der Waals surface area contributed by atoms with Crippen molar-refractivity contribution < 1.29 is 9.90 Å². The molecule has 1 rings (SSSR count). The second kappa shape index (κ2) is 8.39. The lowest BCUT2D eigenvalue weighted by molar-refractivity contribution is 0.0933. The molecule has 0 saturated carbocycles. The van der Waals surface area contributed by atoms with E-state index in [1.807, 2.05) is 19.1 Å². The Morgan fingerprint density at radius 2 is 2.10 bits per heavy atom. The maximum Gasteiger partial charge on any atom is 0.251 e. The second-order valence-electron chi connectivity index (χ2n) is 4.91. The molecule has 108 valence electrons. The summed E-state index contributed by atoms with van der Waals surface area (Å²) in [4.78, 5) is 12.3. The number of aliphatic hydroxyl groups is 1. The minimum atomic E-state index is -0.177. The highest BCUT2D eigenvalue weighted by Crippen LogP contribution is 2.10. The molecular formula is C17H23NO2. The van der Waals surface area contributed by atoms with E-state index < -0.39 is 0 Å². The standard InChI is InChI=1S/C17H23NO2/c1-4-7-16(5-2)18-17(20)15-11-13(3)10-14(12-15)8-6-9-19/h10-12,16,19H,4-5,7,9H2,1-3H3,(H,18,20). The number of benzene rings is 1. The minimum Gasteiger partial charge on any atom is -0.384 e. The van der Waals surface area contributed by atoms with Crippen molar-refractivity contribution in [3.05, 3.63) is 34.9 Å². The van der Waals surface area contributed by atoms with Gasteiger partial charge in [0.05, 0.1) is 0 Å². The Labute approximate surface area is 121 Å². The van der Waals surface area contributed by atoms with E-state index in [0.717, 1.165) is 30.4 Å².